The predicted octanol–water partition coefficient (Wildman–Crippen LogP) is 1.48. The first-order valence-electron chi connectivity index (χ1n) is 9.08. The van der Waals surface area contributed by atoms with E-state index in [1.54, 1.807) is 21.3 Å². The number of nitrogens with one attached hydrogen (secondary N) is 2. The third kappa shape index (κ3) is 5.51. The molecule has 0 aromatic heterocycles. The molecular weight excluding hydrogens is 332 g/mol. The van der Waals surface area contributed by atoms with Crippen LogP contribution in [0.25, 0.3) is 0 Å². The van der Waals surface area contributed by atoms with Crippen LogP contribution in [-0.2, 0) is 11.3 Å². The smallest absolute Gasteiger partial charge is 0.191 e. The predicted molar refractivity (Wildman–Crippen MR) is 104 cm³/mol. The summed E-state index contributed by atoms with van der Waals surface area (Å²) >= 11 is 0. The van der Waals surface area contributed by atoms with E-state index in [0.717, 1.165) is 49.3 Å². The second-order valence-electron chi connectivity index (χ2n) is 6.50. The van der Waals surface area contributed by atoms with Crippen LogP contribution in [-0.4, -0.2) is 70.5 Å². The summed E-state index contributed by atoms with van der Waals surface area (Å²) in [6.07, 6.45) is 0. The van der Waals surface area contributed by atoms with Gasteiger partial charge in [-0.2, -0.15) is 0 Å². The van der Waals surface area contributed by atoms with E-state index in [4.69, 9.17) is 14.2 Å². The summed E-state index contributed by atoms with van der Waals surface area (Å²) in [6.45, 7) is 8.46. The van der Waals surface area contributed by atoms with Gasteiger partial charge in [-0.25, -0.2) is 0 Å². The van der Waals surface area contributed by atoms with Gasteiger partial charge in [-0.05, 0) is 26.0 Å². The van der Waals surface area contributed by atoms with Crippen LogP contribution in [0.1, 0.15) is 19.4 Å². The molecule has 1 heterocycles. The largest absolute Gasteiger partial charge is 0.497 e. The number of benzene rings is 1. The molecule has 7 nitrogen and oxygen atoms in total. The molecular formula is C19H32N4O3. The number of methoxy groups -OCH3 is 2. The molecule has 0 amide bonds. The first-order chi connectivity index (χ1) is 12.6. The Balaban J connectivity index is 1.86. The maximum Gasteiger partial charge on any atom is 0.191 e. The molecule has 1 saturated heterocycles. The summed E-state index contributed by atoms with van der Waals surface area (Å²) in [5, 5.41) is 6.75. The zero-order valence-corrected chi connectivity index (χ0v) is 16.5. The molecule has 0 spiro atoms. The van der Waals surface area contributed by atoms with Gasteiger partial charge in [0.2, 0.25) is 0 Å². The van der Waals surface area contributed by atoms with Crippen LogP contribution >= 0.6 is 0 Å². The molecule has 2 rings (SSSR count). The minimum absolute atomic E-state index is 0.406. The van der Waals surface area contributed by atoms with E-state index < -0.39 is 0 Å². The number of aliphatic imine (C=N–C) groups is 1. The third-order valence-corrected chi connectivity index (χ3v) is 4.71. The molecule has 0 aliphatic carbocycles. The van der Waals surface area contributed by atoms with Crippen LogP contribution in [0.4, 0.5) is 0 Å². The fourth-order valence-electron chi connectivity index (χ4n) is 3.15. The lowest BCUT2D eigenvalue weighted by molar-refractivity contribution is -0.0174. The average molecular weight is 364 g/mol. The van der Waals surface area contributed by atoms with E-state index in [2.05, 4.69) is 34.4 Å². The van der Waals surface area contributed by atoms with Gasteiger partial charge >= 0.3 is 0 Å². The van der Waals surface area contributed by atoms with Gasteiger partial charge in [0.05, 0.1) is 27.4 Å². The van der Waals surface area contributed by atoms with Crippen molar-refractivity contribution in [1.82, 2.24) is 15.5 Å². The SMILES string of the molecule is CN=C(NCc1ccc(OC)cc1OC)NCC(C)N1CCOCC1C. The zero-order valence-electron chi connectivity index (χ0n) is 16.5. The fourth-order valence-corrected chi connectivity index (χ4v) is 3.15. The van der Waals surface area contributed by atoms with E-state index in [9.17, 15) is 0 Å². The summed E-state index contributed by atoms with van der Waals surface area (Å²) in [4.78, 5) is 6.78. The lowest BCUT2D eigenvalue weighted by atomic mass is 10.2. The highest BCUT2D eigenvalue weighted by atomic mass is 16.5. The van der Waals surface area contributed by atoms with Crippen LogP contribution in [0.3, 0.4) is 0 Å². The highest BCUT2D eigenvalue weighted by Crippen LogP contribution is 2.24. The third-order valence-electron chi connectivity index (χ3n) is 4.71. The zero-order chi connectivity index (χ0) is 18.9. The van der Waals surface area contributed by atoms with Crippen molar-refractivity contribution in [3.8, 4) is 11.5 Å². The Bertz CT molecular complexity index is 594. The van der Waals surface area contributed by atoms with E-state index in [-0.39, 0.29) is 0 Å². The van der Waals surface area contributed by atoms with Crippen molar-refractivity contribution in [1.29, 1.82) is 0 Å². The van der Waals surface area contributed by atoms with Crippen molar-refractivity contribution in [2.24, 2.45) is 4.99 Å². The van der Waals surface area contributed by atoms with Gasteiger partial charge in [0, 0.05) is 50.4 Å². The Hall–Kier alpha value is -1.99. The number of guanidine groups is 1. The van der Waals surface area contributed by atoms with Crippen LogP contribution in [0.15, 0.2) is 23.2 Å². The van der Waals surface area contributed by atoms with Gasteiger partial charge in [0.15, 0.2) is 5.96 Å². The maximum absolute atomic E-state index is 5.52. The van der Waals surface area contributed by atoms with Gasteiger partial charge in [0.1, 0.15) is 11.5 Å². The van der Waals surface area contributed by atoms with Gasteiger partial charge < -0.3 is 24.8 Å². The molecule has 2 atom stereocenters. The van der Waals surface area contributed by atoms with Crippen molar-refractivity contribution in [3.05, 3.63) is 23.8 Å². The summed E-state index contributed by atoms with van der Waals surface area (Å²) in [5.74, 6) is 2.35. The number of rotatable bonds is 7. The van der Waals surface area contributed by atoms with Gasteiger partial charge in [0.25, 0.3) is 0 Å². The summed E-state index contributed by atoms with van der Waals surface area (Å²) in [6, 6.07) is 6.66. The van der Waals surface area contributed by atoms with Crippen LogP contribution in [0.5, 0.6) is 11.5 Å². The molecule has 1 aliphatic rings. The monoisotopic (exact) mass is 364 g/mol. The summed E-state index contributed by atoms with van der Waals surface area (Å²) in [7, 11) is 5.09. The molecule has 0 bridgehead atoms. The van der Waals surface area contributed by atoms with Crippen molar-refractivity contribution in [2.45, 2.75) is 32.5 Å². The normalized spacial score (nSPS) is 19.7. The molecule has 7 heteroatoms. The average Bonchev–Trinajstić information content (AvgIpc) is 2.68. The lowest BCUT2D eigenvalue weighted by Crippen LogP contribution is -2.52. The molecule has 1 aliphatic heterocycles. The quantitative estimate of drug-likeness (QED) is 0.564. The standard InChI is InChI=1S/C19H32N4O3/c1-14(23-8-9-26-13-15(23)2)11-21-19(20-3)22-12-16-6-7-17(24-4)10-18(16)25-5/h6-7,10,14-15H,8-9,11-13H2,1-5H3,(H2,20,21,22). The fraction of sp³-hybridized carbons (Fsp3) is 0.632. The van der Waals surface area contributed by atoms with Crippen LogP contribution in [0, 0.1) is 0 Å². The van der Waals surface area contributed by atoms with Gasteiger partial charge in [-0.15, -0.1) is 0 Å². The Morgan fingerprint density at radius 2 is 2.15 bits per heavy atom. The summed E-state index contributed by atoms with van der Waals surface area (Å²) < 4.78 is 16.2. The van der Waals surface area contributed by atoms with E-state index >= 15 is 0 Å². The second kappa shape index (κ2) is 10.2. The Morgan fingerprint density at radius 3 is 2.81 bits per heavy atom. The van der Waals surface area contributed by atoms with Crippen molar-refractivity contribution in [3.63, 3.8) is 0 Å². The number of hydrogen-bond donors (Lipinski definition) is 2. The van der Waals surface area contributed by atoms with Crippen molar-refractivity contribution in [2.75, 3.05) is 47.6 Å². The van der Waals surface area contributed by atoms with Crippen molar-refractivity contribution >= 4 is 5.96 Å². The molecule has 2 unspecified atom stereocenters. The second-order valence-corrected chi connectivity index (χ2v) is 6.50. The number of ether oxygens (including phenoxy) is 3. The summed E-state index contributed by atoms with van der Waals surface area (Å²) in [5.41, 5.74) is 1.05. The Morgan fingerprint density at radius 1 is 1.35 bits per heavy atom. The molecule has 26 heavy (non-hydrogen) atoms. The van der Waals surface area contributed by atoms with Crippen LogP contribution < -0.4 is 20.1 Å². The minimum atomic E-state index is 0.406. The molecule has 1 aromatic rings. The Labute approximate surface area is 156 Å². The molecule has 1 fully saturated rings. The number of nitrogens with zero attached hydrogens (tertiary/aromatic N) is 2. The van der Waals surface area contributed by atoms with Gasteiger partial charge in [-0.1, -0.05) is 0 Å². The highest BCUT2D eigenvalue weighted by molar-refractivity contribution is 5.79. The maximum atomic E-state index is 5.52. The number of hydrogen-bond acceptors (Lipinski definition) is 5. The lowest BCUT2D eigenvalue weighted by Gasteiger charge is -2.38. The molecule has 0 saturated carbocycles. The first kappa shape index (κ1) is 20.3. The van der Waals surface area contributed by atoms with E-state index in [1.165, 1.54) is 0 Å². The van der Waals surface area contributed by atoms with E-state index in [1.807, 2.05) is 18.2 Å². The molecule has 0 radical (unpaired) electrons. The van der Waals surface area contributed by atoms with Gasteiger partial charge in [-0.3, -0.25) is 9.89 Å². The highest BCUT2D eigenvalue weighted by Gasteiger charge is 2.23. The Kier molecular flexibility index (Phi) is 8.00. The molecule has 1 aromatic carbocycles. The van der Waals surface area contributed by atoms with Crippen molar-refractivity contribution < 1.29 is 14.2 Å². The molecule has 146 valence electrons. The van der Waals surface area contributed by atoms with Crippen LogP contribution in [0.2, 0.25) is 0 Å². The number of morpholine rings is 1. The first-order valence-corrected chi connectivity index (χ1v) is 9.08. The minimum Gasteiger partial charge on any atom is -0.497 e. The molecule has 2 N–H and O–H groups in total. The van der Waals surface area contributed by atoms with E-state index in [0.29, 0.717) is 18.6 Å². The topological polar surface area (TPSA) is 67.4 Å².